The summed E-state index contributed by atoms with van der Waals surface area (Å²) in [5.41, 5.74) is 5.91. The van der Waals surface area contributed by atoms with Gasteiger partial charge in [-0.15, -0.1) is 0 Å². The zero-order chi connectivity index (χ0) is 16.7. The molecular weight excluding hydrogens is 290 g/mol. The Morgan fingerprint density at radius 2 is 1.50 bits per heavy atom. The molecule has 0 radical (unpaired) electrons. The van der Waals surface area contributed by atoms with Gasteiger partial charge in [-0.2, -0.15) is 0 Å². The van der Waals surface area contributed by atoms with Crippen LogP contribution in [-0.4, -0.2) is 4.98 Å². The van der Waals surface area contributed by atoms with Crippen LogP contribution in [0, 0.1) is 6.92 Å². The van der Waals surface area contributed by atoms with Crippen LogP contribution in [-0.2, 0) is 0 Å². The molecule has 1 nitrogen and oxygen atoms in total. The molecule has 0 fully saturated rings. The van der Waals surface area contributed by atoms with E-state index in [1.165, 1.54) is 32.8 Å². The van der Waals surface area contributed by atoms with Crippen molar-refractivity contribution in [3.8, 4) is 11.3 Å². The lowest BCUT2D eigenvalue weighted by atomic mass is 9.94. The predicted molar refractivity (Wildman–Crippen MR) is 104 cm³/mol. The van der Waals surface area contributed by atoms with E-state index in [-0.39, 0.29) is 0 Å². The van der Waals surface area contributed by atoms with E-state index in [0.717, 1.165) is 11.2 Å². The molecule has 118 valence electrons. The first kappa shape index (κ1) is 14.9. The van der Waals surface area contributed by atoms with E-state index in [0.29, 0.717) is 5.92 Å². The maximum atomic E-state index is 5.03. The molecule has 0 atom stereocenters. The Bertz CT molecular complexity index is 1030. The van der Waals surface area contributed by atoms with Crippen molar-refractivity contribution in [2.75, 3.05) is 0 Å². The summed E-state index contributed by atoms with van der Waals surface area (Å²) < 4.78 is 0. The number of fused-ring (bicyclic) bond motifs is 3. The van der Waals surface area contributed by atoms with Crippen molar-refractivity contribution in [2.45, 2.75) is 26.7 Å². The Kier molecular flexibility index (Phi) is 3.57. The van der Waals surface area contributed by atoms with Crippen LogP contribution in [0.15, 0.2) is 66.7 Å². The summed E-state index contributed by atoms with van der Waals surface area (Å²) >= 11 is 0. The Morgan fingerprint density at radius 1 is 0.750 bits per heavy atom. The molecule has 3 aromatic carbocycles. The molecule has 0 unspecified atom stereocenters. The molecule has 0 aliphatic rings. The summed E-state index contributed by atoms with van der Waals surface area (Å²) in [5.74, 6) is 0.506. The van der Waals surface area contributed by atoms with E-state index < -0.39 is 0 Å². The largest absolute Gasteiger partial charge is 0.247 e. The minimum absolute atomic E-state index is 0.506. The zero-order valence-electron chi connectivity index (χ0n) is 14.4. The number of benzene rings is 3. The van der Waals surface area contributed by atoms with Gasteiger partial charge in [0.15, 0.2) is 0 Å². The van der Waals surface area contributed by atoms with Crippen LogP contribution in [0.3, 0.4) is 0 Å². The molecule has 0 amide bonds. The molecule has 1 heteroatoms. The fourth-order valence-corrected chi connectivity index (χ4v) is 3.31. The van der Waals surface area contributed by atoms with Crippen LogP contribution in [0.1, 0.15) is 30.9 Å². The molecule has 24 heavy (non-hydrogen) atoms. The number of aryl methyl sites for hydroxylation is 1. The molecule has 4 rings (SSSR count). The quantitative estimate of drug-likeness (QED) is 0.386. The standard InChI is InChI=1S/C23H21N/c1-15(2)18-10-12-19-20-11-9-16(3)13-22(20)24-23(21(19)14-18)17-7-5-4-6-8-17/h4-15H,1-3H3. The number of aromatic nitrogens is 1. The van der Waals surface area contributed by atoms with Gasteiger partial charge in [-0.1, -0.05) is 68.4 Å². The molecule has 4 aromatic rings. The highest BCUT2D eigenvalue weighted by Gasteiger charge is 2.12. The Balaban J connectivity index is 2.15. The van der Waals surface area contributed by atoms with Gasteiger partial charge in [0.05, 0.1) is 11.2 Å². The summed E-state index contributed by atoms with van der Waals surface area (Å²) in [6.07, 6.45) is 0. The van der Waals surface area contributed by atoms with Gasteiger partial charge in [0.2, 0.25) is 0 Å². The minimum Gasteiger partial charge on any atom is -0.247 e. The van der Waals surface area contributed by atoms with Crippen LogP contribution in [0.4, 0.5) is 0 Å². The molecule has 0 aliphatic heterocycles. The highest BCUT2D eigenvalue weighted by molar-refractivity contribution is 6.11. The Labute approximate surface area is 143 Å². The molecule has 0 spiro atoms. The number of hydrogen-bond acceptors (Lipinski definition) is 1. The third-order valence-electron chi connectivity index (χ3n) is 4.69. The molecular formula is C23H21N. The van der Waals surface area contributed by atoms with E-state index >= 15 is 0 Å². The van der Waals surface area contributed by atoms with Crippen molar-refractivity contribution in [1.82, 2.24) is 4.98 Å². The Morgan fingerprint density at radius 3 is 2.25 bits per heavy atom. The van der Waals surface area contributed by atoms with Crippen LogP contribution in [0.5, 0.6) is 0 Å². The fraction of sp³-hybridized carbons (Fsp3) is 0.174. The summed E-state index contributed by atoms with van der Waals surface area (Å²) in [5, 5.41) is 3.75. The average Bonchev–Trinajstić information content (AvgIpc) is 2.61. The minimum atomic E-state index is 0.506. The number of pyridine rings is 1. The van der Waals surface area contributed by atoms with Crippen LogP contribution >= 0.6 is 0 Å². The maximum Gasteiger partial charge on any atom is 0.0788 e. The number of hydrogen-bond donors (Lipinski definition) is 0. The van der Waals surface area contributed by atoms with E-state index in [1.807, 2.05) is 0 Å². The van der Waals surface area contributed by atoms with Gasteiger partial charge in [0, 0.05) is 16.3 Å². The van der Waals surface area contributed by atoms with E-state index in [9.17, 15) is 0 Å². The van der Waals surface area contributed by atoms with E-state index in [4.69, 9.17) is 4.98 Å². The molecule has 0 saturated carbocycles. The normalized spacial score (nSPS) is 11.5. The van der Waals surface area contributed by atoms with Gasteiger partial charge < -0.3 is 0 Å². The van der Waals surface area contributed by atoms with Crippen molar-refractivity contribution >= 4 is 21.7 Å². The van der Waals surface area contributed by atoms with Crippen molar-refractivity contribution in [3.05, 3.63) is 77.9 Å². The van der Waals surface area contributed by atoms with Crippen LogP contribution in [0.25, 0.3) is 32.9 Å². The first-order valence-corrected chi connectivity index (χ1v) is 8.53. The molecule has 1 heterocycles. The highest BCUT2D eigenvalue weighted by atomic mass is 14.7. The Hall–Kier alpha value is -2.67. The number of rotatable bonds is 2. The SMILES string of the molecule is Cc1ccc2c(c1)nc(-c1ccccc1)c1cc(C(C)C)ccc12. The number of nitrogens with zero attached hydrogens (tertiary/aromatic N) is 1. The lowest BCUT2D eigenvalue weighted by Gasteiger charge is -2.13. The fourth-order valence-electron chi connectivity index (χ4n) is 3.31. The molecule has 0 N–H and O–H groups in total. The molecule has 0 saturated heterocycles. The van der Waals surface area contributed by atoms with Crippen molar-refractivity contribution in [3.63, 3.8) is 0 Å². The van der Waals surface area contributed by atoms with E-state index in [2.05, 4.69) is 87.5 Å². The zero-order valence-corrected chi connectivity index (χ0v) is 14.4. The monoisotopic (exact) mass is 311 g/mol. The van der Waals surface area contributed by atoms with Crippen LogP contribution < -0.4 is 0 Å². The van der Waals surface area contributed by atoms with Crippen molar-refractivity contribution in [2.24, 2.45) is 0 Å². The first-order chi connectivity index (χ1) is 11.6. The van der Waals surface area contributed by atoms with Gasteiger partial charge in [-0.3, -0.25) is 0 Å². The van der Waals surface area contributed by atoms with Crippen molar-refractivity contribution < 1.29 is 0 Å². The van der Waals surface area contributed by atoms with Crippen LogP contribution in [0.2, 0.25) is 0 Å². The van der Waals surface area contributed by atoms with Gasteiger partial charge in [-0.25, -0.2) is 4.98 Å². The topological polar surface area (TPSA) is 12.9 Å². The third-order valence-corrected chi connectivity index (χ3v) is 4.69. The lowest BCUT2D eigenvalue weighted by molar-refractivity contribution is 0.869. The second kappa shape index (κ2) is 5.76. The molecule has 1 aromatic heterocycles. The summed E-state index contributed by atoms with van der Waals surface area (Å²) in [4.78, 5) is 5.03. The summed E-state index contributed by atoms with van der Waals surface area (Å²) in [6, 6.07) is 23.9. The molecule has 0 aliphatic carbocycles. The summed E-state index contributed by atoms with van der Waals surface area (Å²) in [6.45, 7) is 6.59. The first-order valence-electron chi connectivity index (χ1n) is 8.53. The van der Waals surface area contributed by atoms with Crippen molar-refractivity contribution in [1.29, 1.82) is 0 Å². The second-order valence-electron chi connectivity index (χ2n) is 6.81. The molecule has 0 bridgehead atoms. The maximum absolute atomic E-state index is 5.03. The predicted octanol–water partition coefficient (Wildman–Crippen LogP) is 6.49. The summed E-state index contributed by atoms with van der Waals surface area (Å²) in [7, 11) is 0. The van der Waals surface area contributed by atoms with Gasteiger partial charge in [0.1, 0.15) is 0 Å². The highest BCUT2D eigenvalue weighted by Crippen LogP contribution is 2.34. The van der Waals surface area contributed by atoms with Gasteiger partial charge in [0.25, 0.3) is 0 Å². The van der Waals surface area contributed by atoms with E-state index in [1.54, 1.807) is 0 Å². The third kappa shape index (κ3) is 2.46. The van der Waals surface area contributed by atoms with Gasteiger partial charge >= 0.3 is 0 Å². The lowest BCUT2D eigenvalue weighted by Crippen LogP contribution is -1.93. The van der Waals surface area contributed by atoms with Gasteiger partial charge in [-0.05, 0) is 41.5 Å². The second-order valence-corrected chi connectivity index (χ2v) is 6.81. The average molecular weight is 311 g/mol. The smallest absolute Gasteiger partial charge is 0.0788 e.